The van der Waals surface area contributed by atoms with Gasteiger partial charge in [0.1, 0.15) is 11.5 Å². The van der Waals surface area contributed by atoms with Crippen LogP contribution < -0.4 is 19.7 Å². The van der Waals surface area contributed by atoms with Gasteiger partial charge in [-0.25, -0.2) is 0 Å². The predicted molar refractivity (Wildman–Crippen MR) is 105 cm³/mol. The van der Waals surface area contributed by atoms with E-state index in [0.717, 1.165) is 5.69 Å². The average Bonchev–Trinajstić information content (AvgIpc) is 2.65. The molecule has 1 aliphatic rings. The lowest BCUT2D eigenvalue weighted by Crippen LogP contribution is -2.46. The third-order valence-corrected chi connectivity index (χ3v) is 4.33. The fraction of sp³-hybridized carbons (Fsp3) is 0.333. The normalized spacial score (nSPS) is 16.0. The highest BCUT2D eigenvalue weighted by atomic mass is 16.5. The van der Waals surface area contributed by atoms with E-state index in [4.69, 9.17) is 9.47 Å². The van der Waals surface area contributed by atoms with E-state index in [2.05, 4.69) is 19.2 Å². The van der Waals surface area contributed by atoms with Gasteiger partial charge in [-0.1, -0.05) is 26.0 Å². The lowest BCUT2D eigenvalue weighted by molar-refractivity contribution is -0.125. The number of carbonyl (C=O) groups excluding carboxylic acids is 2. The van der Waals surface area contributed by atoms with Gasteiger partial charge in [-0.3, -0.25) is 9.59 Å². The number of fused-ring (bicyclic) bond motifs is 1. The zero-order valence-electron chi connectivity index (χ0n) is 16.0. The number of amides is 2. The van der Waals surface area contributed by atoms with Gasteiger partial charge in [-0.05, 0) is 37.1 Å². The van der Waals surface area contributed by atoms with E-state index in [9.17, 15) is 9.59 Å². The summed E-state index contributed by atoms with van der Waals surface area (Å²) in [6.45, 7) is 6.48. The van der Waals surface area contributed by atoms with Gasteiger partial charge in [0.2, 0.25) is 0 Å². The van der Waals surface area contributed by atoms with Crippen LogP contribution in [0.2, 0.25) is 0 Å². The van der Waals surface area contributed by atoms with Crippen LogP contribution in [0, 0.1) is 5.92 Å². The second-order valence-electron chi connectivity index (χ2n) is 6.94. The largest absolute Gasteiger partial charge is 0.496 e. The molecule has 1 aliphatic heterocycles. The first-order chi connectivity index (χ1) is 12.9. The molecule has 0 fully saturated rings. The maximum atomic E-state index is 12.6. The van der Waals surface area contributed by atoms with Crippen molar-refractivity contribution in [1.29, 1.82) is 0 Å². The van der Waals surface area contributed by atoms with Crippen LogP contribution in [0.25, 0.3) is 0 Å². The van der Waals surface area contributed by atoms with Crippen LogP contribution in [0.1, 0.15) is 31.1 Å². The number of rotatable bonds is 5. The van der Waals surface area contributed by atoms with Crippen LogP contribution in [0.15, 0.2) is 42.5 Å². The second kappa shape index (κ2) is 7.70. The van der Waals surface area contributed by atoms with Crippen LogP contribution >= 0.6 is 0 Å². The highest BCUT2D eigenvalue weighted by molar-refractivity contribution is 6.07. The molecule has 0 radical (unpaired) electrons. The molecule has 3 rings (SSSR count). The molecule has 2 aromatic rings. The quantitative estimate of drug-likeness (QED) is 0.873. The van der Waals surface area contributed by atoms with E-state index < -0.39 is 6.10 Å². The van der Waals surface area contributed by atoms with Gasteiger partial charge >= 0.3 is 0 Å². The number of nitrogens with one attached hydrogen (secondary N) is 1. The van der Waals surface area contributed by atoms with E-state index in [0.29, 0.717) is 35.2 Å². The summed E-state index contributed by atoms with van der Waals surface area (Å²) in [5.74, 6) is 1.09. The number of benzene rings is 2. The molecule has 1 heterocycles. The summed E-state index contributed by atoms with van der Waals surface area (Å²) in [5, 5.41) is 2.86. The van der Waals surface area contributed by atoms with Gasteiger partial charge in [0.15, 0.2) is 6.10 Å². The molecular formula is C21H24N2O4. The Bertz CT molecular complexity index is 863. The highest BCUT2D eigenvalue weighted by Gasteiger charge is 2.32. The Hall–Kier alpha value is -3.02. The van der Waals surface area contributed by atoms with Crippen molar-refractivity contribution in [3.63, 3.8) is 0 Å². The Kier molecular flexibility index (Phi) is 5.35. The van der Waals surface area contributed by atoms with Gasteiger partial charge in [0.05, 0.1) is 18.4 Å². The molecule has 0 saturated heterocycles. The number of para-hydroxylation sites is 1. The third-order valence-electron chi connectivity index (χ3n) is 4.33. The Morgan fingerprint density at radius 2 is 2.00 bits per heavy atom. The van der Waals surface area contributed by atoms with Crippen molar-refractivity contribution in [3.8, 4) is 11.5 Å². The molecule has 0 bridgehead atoms. The molecule has 1 unspecified atom stereocenters. The molecule has 0 spiro atoms. The van der Waals surface area contributed by atoms with E-state index in [1.807, 2.05) is 6.07 Å². The van der Waals surface area contributed by atoms with Gasteiger partial charge in [0, 0.05) is 18.3 Å². The minimum Gasteiger partial charge on any atom is -0.496 e. The molecule has 1 N–H and O–H groups in total. The molecule has 1 atom stereocenters. The van der Waals surface area contributed by atoms with Crippen LogP contribution in [0.5, 0.6) is 11.5 Å². The molecule has 2 amide bonds. The fourth-order valence-electron chi connectivity index (χ4n) is 3.07. The van der Waals surface area contributed by atoms with Crippen molar-refractivity contribution in [2.75, 3.05) is 23.9 Å². The summed E-state index contributed by atoms with van der Waals surface area (Å²) in [7, 11) is 1.53. The van der Waals surface area contributed by atoms with Crippen LogP contribution in [0.3, 0.4) is 0 Å². The molecule has 0 aromatic heterocycles. The van der Waals surface area contributed by atoms with Crippen molar-refractivity contribution in [2.24, 2.45) is 5.92 Å². The molecule has 6 heteroatoms. The minimum absolute atomic E-state index is 0.0537. The monoisotopic (exact) mass is 368 g/mol. The summed E-state index contributed by atoms with van der Waals surface area (Å²) in [6.07, 6.45) is -0.559. The summed E-state index contributed by atoms with van der Waals surface area (Å²) in [5.41, 5.74) is 1.77. The SMILES string of the molecule is COc1ccccc1C(=O)Nc1ccc2c(c1)OC(C)C(=O)N2CC(C)C. The van der Waals surface area contributed by atoms with E-state index in [-0.39, 0.29) is 11.8 Å². The molecular weight excluding hydrogens is 344 g/mol. The second-order valence-corrected chi connectivity index (χ2v) is 6.94. The minimum atomic E-state index is -0.559. The first kappa shape index (κ1) is 18.8. The first-order valence-electron chi connectivity index (χ1n) is 8.97. The highest BCUT2D eigenvalue weighted by Crippen LogP contribution is 2.37. The van der Waals surface area contributed by atoms with E-state index in [1.165, 1.54) is 7.11 Å². The molecule has 6 nitrogen and oxygen atoms in total. The topological polar surface area (TPSA) is 67.9 Å². The zero-order valence-corrected chi connectivity index (χ0v) is 16.0. The van der Waals surface area contributed by atoms with Crippen molar-refractivity contribution in [2.45, 2.75) is 26.9 Å². The standard InChI is InChI=1S/C21H24N2O4/c1-13(2)12-23-17-10-9-15(11-19(17)27-14(3)21(23)25)22-20(24)16-7-5-6-8-18(16)26-4/h5-11,13-14H,12H2,1-4H3,(H,22,24). The number of methoxy groups -OCH3 is 1. The first-order valence-corrected chi connectivity index (χ1v) is 8.97. The number of ether oxygens (including phenoxy) is 2. The Labute approximate surface area is 159 Å². The van der Waals surface area contributed by atoms with Gasteiger partial charge in [-0.15, -0.1) is 0 Å². The number of hydrogen-bond donors (Lipinski definition) is 1. The molecule has 0 saturated carbocycles. The number of carbonyl (C=O) groups is 2. The molecule has 2 aromatic carbocycles. The van der Waals surface area contributed by atoms with E-state index >= 15 is 0 Å². The maximum absolute atomic E-state index is 12.6. The molecule has 142 valence electrons. The molecule has 0 aliphatic carbocycles. The lowest BCUT2D eigenvalue weighted by Gasteiger charge is -2.34. The van der Waals surface area contributed by atoms with E-state index in [1.54, 1.807) is 48.2 Å². The number of anilines is 2. The van der Waals surface area contributed by atoms with Crippen molar-refractivity contribution >= 4 is 23.2 Å². The van der Waals surface area contributed by atoms with Gasteiger partial charge in [-0.2, -0.15) is 0 Å². The predicted octanol–water partition coefficient (Wildman–Crippen LogP) is 3.72. The number of nitrogens with zero attached hydrogens (tertiary/aromatic N) is 1. The van der Waals surface area contributed by atoms with Crippen molar-refractivity contribution < 1.29 is 19.1 Å². The van der Waals surface area contributed by atoms with Crippen molar-refractivity contribution in [3.05, 3.63) is 48.0 Å². The molecule has 27 heavy (non-hydrogen) atoms. The van der Waals surface area contributed by atoms with Crippen LogP contribution in [-0.4, -0.2) is 31.6 Å². The Morgan fingerprint density at radius 1 is 1.26 bits per heavy atom. The summed E-state index contributed by atoms with van der Waals surface area (Å²) >= 11 is 0. The average molecular weight is 368 g/mol. The van der Waals surface area contributed by atoms with Gasteiger partial charge < -0.3 is 19.7 Å². The van der Waals surface area contributed by atoms with Gasteiger partial charge in [0.25, 0.3) is 11.8 Å². The Balaban J connectivity index is 1.86. The Morgan fingerprint density at radius 3 is 2.70 bits per heavy atom. The zero-order chi connectivity index (χ0) is 19.6. The van der Waals surface area contributed by atoms with Crippen molar-refractivity contribution in [1.82, 2.24) is 0 Å². The summed E-state index contributed by atoms with van der Waals surface area (Å²) < 4.78 is 11.0. The summed E-state index contributed by atoms with van der Waals surface area (Å²) in [6, 6.07) is 12.4. The van der Waals surface area contributed by atoms with Crippen LogP contribution in [0.4, 0.5) is 11.4 Å². The van der Waals surface area contributed by atoms with Crippen LogP contribution in [-0.2, 0) is 4.79 Å². The fourth-order valence-corrected chi connectivity index (χ4v) is 3.07. The third kappa shape index (κ3) is 3.89. The number of hydrogen-bond acceptors (Lipinski definition) is 4. The smallest absolute Gasteiger partial charge is 0.267 e. The summed E-state index contributed by atoms with van der Waals surface area (Å²) in [4.78, 5) is 26.8. The lowest BCUT2D eigenvalue weighted by atomic mass is 10.1. The maximum Gasteiger partial charge on any atom is 0.267 e.